The number of rotatable bonds is 2. The smallest absolute Gasteiger partial charge is 0.255 e. The maximum absolute atomic E-state index is 12.3. The molecule has 0 bridgehead atoms. The molecule has 0 aromatic carbocycles. The van der Waals surface area contributed by atoms with Crippen LogP contribution in [-0.2, 0) is 4.74 Å². The average Bonchev–Trinajstić information content (AvgIpc) is 2.38. The van der Waals surface area contributed by atoms with E-state index in [-0.39, 0.29) is 11.9 Å². The Kier molecular flexibility index (Phi) is 4.53. The summed E-state index contributed by atoms with van der Waals surface area (Å²) in [5.74, 6) is 0.00606. The number of carbonyl (C=O) groups excluding carboxylic acids is 1. The standard InChI is InChI=1S/C11H12Br2N2O2/c12-4-10-7-17-2-1-15(10)11(16)8-3-9(13)6-14-5-8/h3,5-6,10H,1-2,4,7H2. The number of pyridine rings is 1. The molecule has 6 heteroatoms. The van der Waals surface area contributed by atoms with Crippen LogP contribution in [0, 0.1) is 0 Å². The first-order chi connectivity index (χ1) is 8.22. The number of carbonyl (C=O) groups is 1. The Morgan fingerprint density at radius 2 is 2.41 bits per heavy atom. The van der Waals surface area contributed by atoms with E-state index in [1.54, 1.807) is 18.5 Å². The van der Waals surface area contributed by atoms with Crippen LogP contribution in [-0.4, -0.2) is 46.9 Å². The summed E-state index contributed by atoms with van der Waals surface area (Å²) in [4.78, 5) is 18.2. The zero-order valence-corrected chi connectivity index (χ0v) is 12.3. The topological polar surface area (TPSA) is 42.4 Å². The van der Waals surface area contributed by atoms with Crippen molar-refractivity contribution < 1.29 is 9.53 Å². The predicted octanol–water partition coefficient (Wildman–Crippen LogP) is 2.08. The molecule has 1 atom stereocenters. The van der Waals surface area contributed by atoms with Crippen molar-refractivity contribution >= 4 is 37.8 Å². The zero-order chi connectivity index (χ0) is 12.3. The number of morpholine rings is 1. The van der Waals surface area contributed by atoms with Gasteiger partial charge in [-0.05, 0) is 22.0 Å². The minimum atomic E-state index is 0.00606. The summed E-state index contributed by atoms with van der Waals surface area (Å²) in [7, 11) is 0. The first kappa shape index (κ1) is 13.0. The minimum absolute atomic E-state index is 0.00606. The average molecular weight is 364 g/mol. The van der Waals surface area contributed by atoms with Crippen LogP contribution >= 0.6 is 31.9 Å². The van der Waals surface area contributed by atoms with Gasteiger partial charge in [-0.25, -0.2) is 0 Å². The fourth-order valence-electron chi connectivity index (χ4n) is 1.74. The molecule has 1 aliphatic heterocycles. The number of hydrogen-bond donors (Lipinski definition) is 0. The molecule has 1 saturated heterocycles. The van der Waals surface area contributed by atoms with Crippen molar-refractivity contribution in [1.29, 1.82) is 0 Å². The molecule has 0 N–H and O–H groups in total. The molecule has 17 heavy (non-hydrogen) atoms. The summed E-state index contributed by atoms with van der Waals surface area (Å²) >= 11 is 6.73. The molecule has 1 aromatic heterocycles. The van der Waals surface area contributed by atoms with Crippen molar-refractivity contribution in [2.75, 3.05) is 25.1 Å². The van der Waals surface area contributed by atoms with Crippen molar-refractivity contribution in [2.45, 2.75) is 6.04 Å². The van der Waals surface area contributed by atoms with Crippen LogP contribution in [0.3, 0.4) is 0 Å². The number of halogens is 2. The molecule has 1 fully saturated rings. The summed E-state index contributed by atoms with van der Waals surface area (Å²) in [5.41, 5.74) is 0.604. The van der Waals surface area contributed by atoms with Gasteiger partial charge in [-0.3, -0.25) is 9.78 Å². The number of ether oxygens (including phenoxy) is 1. The van der Waals surface area contributed by atoms with Gasteiger partial charge in [0, 0.05) is 28.7 Å². The van der Waals surface area contributed by atoms with Crippen molar-refractivity contribution in [3.8, 4) is 0 Å². The number of hydrogen-bond acceptors (Lipinski definition) is 3. The van der Waals surface area contributed by atoms with Gasteiger partial charge in [0.25, 0.3) is 5.91 Å². The lowest BCUT2D eigenvalue weighted by Gasteiger charge is -2.34. The van der Waals surface area contributed by atoms with Crippen LogP contribution in [0.15, 0.2) is 22.9 Å². The van der Waals surface area contributed by atoms with Gasteiger partial charge >= 0.3 is 0 Å². The summed E-state index contributed by atoms with van der Waals surface area (Å²) in [6.07, 6.45) is 3.26. The van der Waals surface area contributed by atoms with Crippen molar-refractivity contribution in [3.63, 3.8) is 0 Å². The molecule has 1 aliphatic rings. The summed E-state index contributed by atoms with van der Waals surface area (Å²) in [6, 6.07) is 1.88. The van der Waals surface area contributed by atoms with Gasteiger partial charge in [0.2, 0.25) is 0 Å². The molecule has 0 spiro atoms. The summed E-state index contributed by atoms with van der Waals surface area (Å²) in [6.45, 7) is 1.80. The largest absolute Gasteiger partial charge is 0.377 e. The van der Waals surface area contributed by atoms with E-state index in [9.17, 15) is 4.79 Å². The highest BCUT2D eigenvalue weighted by Crippen LogP contribution is 2.16. The molecule has 0 radical (unpaired) electrons. The SMILES string of the molecule is O=C(c1cncc(Br)c1)N1CCOCC1CBr. The first-order valence-corrected chi connectivity index (χ1v) is 7.19. The van der Waals surface area contributed by atoms with Crippen LogP contribution in [0.2, 0.25) is 0 Å². The Morgan fingerprint density at radius 3 is 3.12 bits per heavy atom. The maximum Gasteiger partial charge on any atom is 0.255 e. The van der Waals surface area contributed by atoms with Gasteiger partial charge in [0.05, 0.1) is 24.8 Å². The molecule has 0 aliphatic carbocycles. The van der Waals surface area contributed by atoms with Gasteiger partial charge in [-0.15, -0.1) is 0 Å². The van der Waals surface area contributed by atoms with E-state index >= 15 is 0 Å². The van der Waals surface area contributed by atoms with Gasteiger partial charge in [-0.1, -0.05) is 15.9 Å². The van der Waals surface area contributed by atoms with E-state index in [0.29, 0.717) is 25.3 Å². The lowest BCUT2D eigenvalue weighted by molar-refractivity contribution is 0.00522. The van der Waals surface area contributed by atoms with Crippen molar-refractivity contribution in [2.24, 2.45) is 0 Å². The number of nitrogens with zero attached hydrogens (tertiary/aromatic N) is 2. The van der Waals surface area contributed by atoms with Crippen LogP contribution in [0.25, 0.3) is 0 Å². The summed E-state index contributed by atoms with van der Waals surface area (Å²) < 4.78 is 6.18. The molecule has 1 amide bonds. The second-order valence-electron chi connectivity index (χ2n) is 3.77. The molecule has 2 heterocycles. The maximum atomic E-state index is 12.3. The van der Waals surface area contributed by atoms with E-state index in [0.717, 1.165) is 9.80 Å². The van der Waals surface area contributed by atoms with Crippen molar-refractivity contribution in [3.05, 3.63) is 28.5 Å². The summed E-state index contributed by atoms with van der Waals surface area (Å²) in [5, 5.41) is 0.722. The monoisotopic (exact) mass is 362 g/mol. The van der Waals surface area contributed by atoms with Gasteiger partial charge in [0.15, 0.2) is 0 Å². The second-order valence-corrected chi connectivity index (χ2v) is 5.34. The van der Waals surface area contributed by atoms with Crippen LogP contribution in [0.1, 0.15) is 10.4 Å². The van der Waals surface area contributed by atoms with Gasteiger partial charge in [0.1, 0.15) is 0 Å². The Balaban J connectivity index is 2.18. The highest BCUT2D eigenvalue weighted by molar-refractivity contribution is 9.10. The molecule has 1 unspecified atom stereocenters. The predicted molar refractivity (Wildman–Crippen MR) is 71.4 cm³/mol. The molecule has 1 aromatic rings. The fourth-order valence-corrected chi connectivity index (χ4v) is 2.65. The minimum Gasteiger partial charge on any atom is -0.377 e. The lowest BCUT2D eigenvalue weighted by Crippen LogP contribution is -2.49. The highest BCUT2D eigenvalue weighted by atomic mass is 79.9. The third kappa shape index (κ3) is 3.05. The van der Waals surface area contributed by atoms with E-state index in [1.807, 2.05) is 4.90 Å². The molecular formula is C11H12Br2N2O2. The number of alkyl halides is 1. The van der Waals surface area contributed by atoms with Gasteiger partial charge < -0.3 is 9.64 Å². The zero-order valence-electron chi connectivity index (χ0n) is 9.10. The van der Waals surface area contributed by atoms with Crippen molar-refractivity contribution in [1.82, 2.24) is 9.88 Å². The molecule has 4 nitrogen and oxygen atoms in total. The Labute approximate surface area is 117 Å². The Morgan fingerprint density at radius 1 is 1.59 bits per heavy atom. The quantitative estimate of drug-likeness (QED) is 0.755. The lowest BCUT2D eigenvalue weighted by atomic mass is 10.2. The van der Waals surface area contributed by atoms with E-state index in [2.05, 4.69) is 36.8 Å². The molecule has 92 valence electrons. The number of aromatic nitrogens is 1. The third-order valence-electron chi connectivity index (χ3n) is 2.62. The Hall–Kier alpha value is -0.460. The van der Waals surface area contributed by atoms with Crippen LogP contribution in [0.5, 0.6) is 0 Å². The Bertz CT molecular complexity index is 414. The molecule has 0 saturated carbocycles. The van der Waals surface area contributed by atoms with E-state index in [1.165, 1.54) is 0 Å². The molecule has 2 rings (SSSR count). The van der Waals surface area contributed by atoms with Crippen LogP contribution < -0.4 is 0 Å². The van der Waals surface area contributed by atoms with E-state index in [4.69, 9.17) is 4.74 Å². The van der Waals surface area contributed by atoms with E-state index < -0.39 is 0 Å². The molecular weight excluding hydrogens is 352 g/mol. The third-order valence-corrected chi connectivity index (χ3v) is 3.80. The normalized spacial score (nSPS) is 20.4. The fraction of sp³-hybridized carbons (Fsp3) is 0.455. The second kappa shape index (κ2) is 5.93. The van der Waals surface area contributed by atoms with Crippen LogP contribution in [0.4, 0.5) is 0 Å². The van der Waals surface area contributed by atoms with Gasteiger partial charge in [-0.2, -0.15) is 0 Å². The highest BCUT2D eigenvalue weighted by Gasteiger charge is 2.27. The first-order valence-electron chi connectivity index (χ1n) is 5.27. The number of amides is 1.